The van der Waals surface area contributed by atoms with Gasteiger partial charge in [0, 0.05) is 6.54 Å². The zero-order chi connectivity index (χ0) is 7.19. The average molecular weight is 161 g/mol. The highest BCUT2D eigenvalue weighted by Crippen LogP contribution is 2.28. The second kappa shape index (κ2) is 1.95. The fourth-order valence-electron chi connectivity index (χ4n) is 1.88. The maximum absolute atomic E-state index is 11.2. The first-order chi connectivity index (χ1) is 4.70. The molecule has 0 aromatic carbocycles. The molecule has 0 aromatic heterocycles. The third kappa shape index (κ3) is 0.787. The summed E-state index contributed by atoms with van der Waals surface area (Å²) in [5.41, 5.74) is 0. The fraction of sp³-hybridized carbons (Fsp3) is 1.00. The zero-order valence-corrected chi connectivity index (χ0v) is 6.52. The molecule has 0 saturated carbocycles. The van der Waals surface area contributed by atoms with E-state index >= 15 is 0 Å². The number of rotatable bonds is 0. The van der Waals surface area contributed by atoms with Crippen LogP contribution in [-0.2, 0) is 9.84 Å². The molecule has 0 aliphatic carbocycles. The van der Waals surface area contributed by atoms with Crippen LogP contribution in [0, 0.1) is 5.92 Å². The van der Waals surface area contributed by atoms with Crippen molar-refractivity contribution in [3.63, 3.8) is 0 Å². The van der Waals surface area contributed by atoms with Crippen molar-refractivity contribution in [1.29, 1.82) is 0 Å². The predicted octanol–water partition coefficient (Wildman–Crippen LogP) is -0.607. The summed E-state index contributed by atoms with van der Waals surface area (Å²) in [6.45, 7) is 1.59. The summed E-state index contributed by atoms with van der Waals surface area (Å²) in [5, 5.41) is 3.05. The lowest BCUT2D eigenvalue weighted by atomic mass is 10.1. The van der Waals surface area contributed by atoms with Gasteiger partial charge in [-0.05, 0) is 18.9 Å². The number of sulfone groups is 1. The van der Waals surface area contributed by atoms with Gasteiger partial charge in [-0.15, -0.1) is 0 Å². The number of hydrogen-bond donors (Lipinski definition) is 1. The first-order valence-corrected chi connectivity index (χ1v) is 5.34. The van der Waals surface area contributed by atoms with Crippen LogP contribution in [0.3, 0.4) is 0 Å². The molecule has 0 radical (unpaired) electrons. The Morgan fingerprint density at radius 2 is 2.10 bits per heavy atom. The van der Waals surface area contributed by atoms with E-state index in [1.54, 1.807) is 0 Å². The molecule has 0 aromatic rings. The van der Waals surface area contributed by atoms with Crippen molar-refractivity contribution in [2.75, 3.05) is 18.8 Å². The van der Waals surface area contributed by atoms with Gasteiger partial charge < -0.3 is 5.32 Å². The minimum atomic E-state index is -2.69. The van der Waals surface area contributed by atoms with Gasteiger partial charge in [0.25, 0.3) is 0 Å². The van der Waals surface area contributed by atoms with E-state index < -0.39 is 9.84 Å². The Bertz CT molecular complexity index is 234. The van der Waals surface area contributed by atoms with E-state index in [1.807, 2.05) is 0 Å². The largest absolute Gasteiger partial charge is 0.315 e. The second-order valence-corrected chi connectivity index (χ2v) is 5.45. The molecule has 2 heterocycles. The summed E-state index contributed by atoms with van der Waals surface area (Å²) < 4.78 is 22.4. The Balaban J connectivity index is 2.32. The van der Waals surface area contributed by atoms with Crippen molar-refractivity contribution in [1.82, 2.24) is 5.32 Å². The highest BCUT2D eigenvalue weighted by molar-refractivity contribution is 7.92. The predicted molar refractivity (Wildman–Crippen MR) is 38.6 cm³/mol. The molecule has 10 heavy (non-hydrogen) atoms. The minimum Gasteiger partial charge on any atom is -0.315 e. The molecule has 0 spiro atoms. The smallest absolute Gasteiger partial charge is 0.154 e. The molecule has 4 heteroatoms. The van der Waals surface area contributed by atoms with Gasteiger partial charge in [-0.2, -0.15) is 0 Å². The summed E-state index contributed by atoms with van der Waals surface area (Å²) in [6, 6.07) is 0. The molecule has 2 atom stereocenters. The van der Waals surface area contributed by atoms with Gasteiger partial charge in [-0.3, -0.25) is 0 Å². The molecule has 2 aliphatic heterocycles. The summed E-state index contributed by atoms with van der Waals surface area (Å²) in [6.07, 6.45) is 0.875. The maximum Gasteiger partial charge on any atom is 0.154 e. The Labute approximate surface area is 60.7 Å². The molecule has 2 fully saturated rings. The Morgan fingerprint density at radius 3 is 2.80 bits per heavy atom. The van der Waals surface area contributed by atoms with Gasteiger partial charge in [-0.1, -0.05) is 0 Å². The van der Waals surface area contributed by atoms with Crippen LogP contribution in [0.15, 0.2) is 0 Å². The molecule has 0 amide bonds. The van der Waals surface area contributed by atoms with Gasteiger partial charge >= 0.3 is 0 Å². The summed E-state index contributed by atoms with van der Waals surface area (Å²) in [4.78, 5) is 0. The summed E-state index contributed by atoms with van der Waals surface area (Å²) >= 11 is 0. The summed E-state index contributed by atoms with van der Waals surface area (Å²) in [5.74, 6) is 0.842. The van der Waals surface area contributed by atoms with Gasteiger partial charge in [-0.25, -0.2) is 8.42 Å². The van der Waals surface area contributed by atoms with Crippen LogP contribution in [0.5, 0.6) is 0 Å². The molecule has 0 bridgehead atoms. The van der Waals surface area contributed by atoms with E-state index in [-0.39, 0.29) is 5.25 Å². The Kier molecular flexibility index (Phi) is 1.29. The molecule has 2 unspecified atom stereocenters. The molecule has 58 valence electrons. The number of nitrogens with one attached hydrogen (secondary N) is 1. The van der Waals surface area contributed by atoms with Crippen LogP contribution in [-0.4, -0.2) is 32.5 Å². The van der Waals surface area contributed by atoms with E-state index in [4.69, 9.17) is 0 Å². The van der Waals surface area contributed by atoms with Gasteiger partial charge in [0.2, 0.25) is 0 Å². The Hall–Kier alpha value is -0.0900. The van der Waals surface area contributed by atoms with E-state index in [2.05, 4.69) is 5.32 Å². The van der Waals surface area contributed by atoms with Crippen molar-refractivity contribution in [3.05, 3.63) is 0 Å². The average Bonchev–Trinajstić information content (AvgIpc) is 2.36. The van der Waals surface area contributed by atoms with Crippen LogP contribution in [0.4, 0.5) is 0 Å². The van der Waals surface area contributed by atoms with Crippen molar-refractivity contribution < 1.29 is 8.42 Å². The number of hydrogen-bond acceptors (Lipinski definition) is 3. The van der Waals surface area contributed by atoms with E-state index in [0.29, 0.717) is 18.2 Å². The van der Waals surface area contributed by atoms with E-state index in [1.165, 1.54) is 0 Å². The molecular weight excluding hydrogens is 150 g/mol. The van der Waals surface area contributed by atoms with E-state index in [0.717, 1.165) is 13.0 Å². The summed E-state index contributed by atoms with van der Waals surface area (Å²) in [7, 11) is -2.69. The lowest BCUT2D eigenvalue weighted by Gasteiger charge is -2.03. The highest BCUT2D eigenvalue weighted by Gasteiger charge is 2.42. The fourth-order valence-corrected chi connectivity index (χ4v) is 4.01. The number of fused-ring (bicyclic) bond motifs is 1. The monoisotopic (exact) mass is 161 g/mol. The quantitative estimate of drug-likeness (QED) is 0.515. The molecule has 2 aliphatic rings. The normalized spacial score (nSPS) is 43.6. The van der Waals surface area contributed by atoms with Crippen molar-refractivity contribution in [3.8, 4) is 0 Å². The van der Waals surface area contributed by atoms with Crippen LogP contribution in [0.1, 0.15) is 6.42 Å². The maximum atomic E-state index is 11.2. The van der Waals surface area contributed by atoms with Gasteiger partial charge in [0.15, 0.2) is 9.84 Å². The van der Waals surface area contributed by atoms with Crippen LogP contribution < -0.4 is 5.32 Å². The second-order valence-electron chi connectivity index (χ2n) is 3.11. The third-order valence-electron chi connectivity index (χ3n) is 2.51. The topological polar surface area (TPSA) is 46.2 Å². The molecule has 1 N–H and O–H groups in total. The van der Waals surface area contributed by atoms with Crippen molar-refractivity contribution in [2.24, 2.45) is 5.92 Å². The molecular formula is C6H11NO2S. The molecule has 3 nitrogen and oxygen atoms in total. The third-order valence-corrected chi connectivity index (χ3v) is 4.79. The first kappa shape index (κ1) is 6.61. The first-order valence-electron chi connectivity index (χ1n) is 3.62. The Morgan fingerprint density at radius 1 is 1.30 bits per heavy atom. The minimum absolute atomic E-state index is 0.0486. The van der Waals surface area contributed by atoms with Crippen LogP contribution in [0.2, 0.25) is 0 Å². The van der Waals surface area contributed by atoms with Gasteiger partial charge in [0.1, 0.15) is 0 Å². The molecule has 2 rings (SSSR count). The SMILES string of the molecule is O=S1(=O)CCC2CNCC21. The van der Waals surface area contributed by atoms with Crippen molar-refractivity contribution in [2.45, 2.75) is 11.7 Å². The lowest BCUT2D eigenvalue weighted by Crippen LogP contribution is -2.22. The molecule has 2 saturated heterocycles. The lowest BCUT2D eigenvalue weighted by molar-refractivity contribution is 0.576. The highest BCUT2D eigenvalue weighted by atomic mass is 32.2. The van der Waals surface area contributed by atoms with E-state index in [9.17, 15) is 8.42 Å². The standard InChI is InChI=1S/C6H11NO2S/c8-10(9)2-1-5-3-7-4-6(5)10/h5-7H,1-4H2. The van der Waals surface area contributed by atoms with Crippen molar-refractivity contribution >= 4 is 9.84 Å². The zero-order valence-electron chi connectivity index (χ0n) is 5.71. The van der Waals surface area contributed by atoms with Crippen LogP contribution in [0.25, 0.3) is 0 Å². The van der Waals surface area contributed by atoms with Crippen LogP contribution >= 0.6 is 0 Å². The van der Waals surface area contributed by atoms with Gasteiger partial charge in [0.05, 0.1) is 11.0 Å².